The molecule has 1 amide bonds. The molecular formula is C25H22ClN5O. The summed E-state index contributed by atoms with van der Waals surface area (Å²) in [7, 11) is 0. The van der Waals surface area contributed by atoms with Gasteiger partial charge in [-0.3, -0.25) is 4.79 Å². The Bertz CT molecular complexity index is 1270. The molecule has 0 radical (unpaired) electrons. The molecule has 0 spiro atoms. The molecule has 6 nitrogen and oxygen atoms in total. The van der Waals surface area contributed by atoms with Crippen LogP contribution in [0.1, 0.15) is 21.6 Å². The minimum Gasteiger partial charge on any atom is -0.348 e. The van der Waals surface area contributed by atoms with E-state index in [1.165, 1.54) is 0 Å². The smallest absolute Gasteiger partial charge is 0.251 e. The van der Waals surface area contributed by atoms with Gasteiger partial charge in [-0.1, -0.05) is 47.1 Å². The van der Waals surface area contributed by atoms with Crippen molar-refractivity contribution in [2.75, 3.05) is 11.4 Å². The second-order valence-electron chi connectivity index (χ2n) is 7.77. The molecule has 2 heterocycles. The average molecular weight is 444 g/mol. The number of hydrogen-bond donors (Lipinski definition) is 1. The van der Waals surface area contributed by atoms with Gasteiger partial charge in [0.25, 0.3) is 5.91 Å². The number of nitrogens with one attached hydrogen (secondary N) is 1. The molecule has 0 aliphatic carbocycles. The lowest BCUT2D eigenvalue weighted by Gasteiger charge is -2.25. The Morgan fingerprint density at radius 1 is 1.03 bits per heavy atom. The summed E-state index contributed by atoms with van der Waals surface area (Å²) in [5, 5.41) is 12.3. The van der Waals surface area contributed by atoms with Crippen LogP contribution in [0.4, 0.5) is 11.4 Å². The molecule has 1 N–H and O–H groups in total. The largest absolute Gasteiger partial charge is 0.348 e. The van der Waals surface area contributed by atoms with Gasteiger partial charge in [-0.15, -0.1) is 5.10 Å². The zero-order chi connectivity index (χ0) is 22.1. The number of aryl methyl sites for hydroxylation is 1. The summed E-state index contributed by atoms with van der Waals surface area (Å²) >= 11 is 6.12. The zero-order valence-electron chi connectivity index (χ0n) is 17.6. The topological polar surface area (TPSA) is 63.1 Å². The normalized spacial score (nSPS) is 12.6. The fourth-order valence-corrected chi connectivity index (χ4v) is 4.20. The highest BCUT2D eigenvalue weighted by Crippen LogP contribution is 2.39. The molecular weight excluding hydrogens is 422 g/mol. The molecule has 0 saturated carbocycles. The fraction of sp³-hybridized carbons (Fsp3) is 0.160. The Labute approximate surface area is 191 Å². The van der Waals surface area contributed by atoms with Crippen molar-refractivity contribution < 1.29 is 4.79 Å². The van der Waals surface area contributed by atoms with Crippen LogP contribution in [-0.4, -0.2) is 27.4 Å². The van der Waals surface area contributed by atoms with Crippen molar-refractivity contribution in [2.45, 2.75) is 20.0 Å². The highest BCUT2D eigenvalue weighted by molar-refractivity contribution is 6.30. The van der Waals surface area contributed by atoms with E-state index in [2.05, 4.69) is 20.5 Å². The lowest BCUT2D eigenvalue weighted by atomic mass is 10.0. The third-order valence-corrected chi connectivity index (χ3v) is 5.93. The van der Waals surface area contributed by atoms with Crippen LogP contribution < -0.4 is 10.2 Å². The highest BCUT2D eigenvalue weighted by Gasteiger charge is 2.25. The summed E-state index contributed by atoms with van der Waals surface area (Å²) in [6, 6.07) is 23.4. The SMILES string of the molecule is Cc1nnn2c1-c1ccc(C(=O)NCc3ccccc3)cc1N(c1ccc(Cl)cc1)CC2. The summed E-state index contributed by atoms with van der Waals surface area (Å²) in [5.74, 6) is -0.111. The molecule has 0 bridgehead atoms. The van der Waals surface area contributed by atoms with E-state index in [4.69, 9.17) is 11.6 Å². The van der Waals surface area contributed by atoms with Gasteiger partial charge < -0.3 is 10.2 Å². The standard InChI is InChI=1S/C25H22ClN5O/c1-17-24-22-12-7-19(25(32)27-16-18-5-3-2-4-6-18)15-23(22)30(13-14-31(24)29-28-17)21-10-8-20(26)9-11-21/h2-12,15H,13-14,16H2,1H3,(H,27,32). The Kier molecular flexibility index (Phi) is 5.37. The van der Waals surface area contributed by atoms with Crippen LogP contribution in [0.15, 0.2) is 72.8 Å². The molecule has 1 aromatic heterocycles. The van der Waals surface area contributed by atoms with E-state index < -0.39 is 0 Å². The minimum absolute atomic E-state index is 0.111. The van der Waals surface area contributed by atoms with Crippen molar-refractivity contribution in [3.05, 3.63) is 94.6 Å². The number of hydrogen-bond acceptors (Lipinski definition) is 4. The van der Waals surface area contributed by atoms with Crippen molar-refractivity contribution in [1.82, 2.24) is 20.3 Å². The van der Waals surface area contributed by atoms with Gasteiger partial charge in [0.2, 0.25) is 0 Å². The first-order valence-electron chi connectivity index (χ1n) is 10.5. The number of carbonyl (C=O) groups excluding carboxylic acids is 1. The van der Waals surface area contributed by atoms with E-state index in [1.54, 1.807) is 0 Å². The van der Waals surface area contributed by atoms with Crippen LogP contribution in [0.3, 0.4) is 0 Å². The molecule has 160 valence electrons. The van der Waals surface area contributed by atoms with Crippen molar-refractivity contribution in [3.8, 4) is 11.3 Å². The van der Waals surface area contributed by atoms with E-state index in [0.717, 1.165) is 33.9 Å². The number of amides is 1. The van der Waals surface area contributed by atoms with E-state index in [-0.39, 0.29) is 5.91 Å². The summed E-state index contributed by atoms with van der Waals surface area (Å²) < 4.78 is 1.93. The maximum Gasteiger partial charge on any atom is 0.251 e. The number of nitrogens with zero attached hydrogens (tertiary/aromatic N) is 4. The molecule has 0 atom stereocenters. The average Bonchev–Trinajstić information content (AvgIpc) is 3.10. The molecule has 1 aliphatic rings. The summed E-state index contributed by atoms with van der Waals surface area (Å²) in [6.07, 6.45) is 0. The first kappa shape index (κ1) is 20.3. The number of benzene rings is 3. The zero-order valence-corrected chi connectivity index (χ0v) is 18.4. The van der Waals surface area contributed by atoms with Crippen LogP contribution in [0.5, 0.6) is 0 Å². The minimum atomic E-state index is -0.111. The van der Waals surface area contributed by atoms with Crippen LogP contribution in [0.2, 0.25) is 5.02 Å². The lowest BCUT2D eigenvalue weighted by Crippen LogP contribution is -2.24. The Morgan fingerprint density at radius 3 is 2.59 bits per heavy atom. The Hall–Kier alpha value is -3.64. The van der Waals surface area contributed by atoms with Gasteiger partial charge in [0.05, 0.1) is 23.6 Å². The lowest BCUT2D eigenvalue weighted by molar-refractivity contribution is 0.0951. The second kappa shape index (κ2) is 8.48. The Balaban J connectivity index is 1.53. The predicted octanol–water partition coefficient (Wildman–Crippen LogP) is 4.99. The molecule has 32 heavy (non-hydrogen) atoms. The molecule has 3 aromatic carbocycles. The maximum atomic E-state index is 13.0. The number of halogens is 1. The van der Waals surface area contributed by atoms with Gasteiger partial charge in [0.1, 0.15) is 0 Å². The van der Waals surface area contributed by atoms with Crippen LogP contribution >= 0.6 is 11.6 Å². The molecule has 1 aliphatic heterocycles. The fourth-order valence-electron chi connectivity index (χ4n) is 4.07. The maximum absolute atomic E-state index is 13.0. The quantitative estimate of drug-likeness (QED) is 0.482. The molecule has 0 saturated heterocycles. The van der Waals surface area contributed by atoms with Gasteiger partial charge in [-0.05, 0) is 55.0 Å². The van der Waals surface area contributed by atoms with E-state index in [1.807, 2.05) is 84.4 Å². The molecule has 5 rings (SSSR count). The molecule has 4 aromatic rings. The van der Waals surface area contributed by atoms with Crippen molar-refractivity contribution >= 4 is 28.9 Å². The molecule has 7 heteroatoms. The first-order valence-corrected chi connectivity index (χ1v) is 10.9. The van der Waals surface area contributed by atoms with E-state index in [9.17, 15) is 4.79 Å². The predicted molar refractivity (Wildman–Crippen MR) is 126 cm³/mol. The van der Waals surface area contributed by atoms with Gasteiger partial charge >= 0.3 is 0 Å². The van der Waals surface area contributed by atoms with Crippen LogP contribution in [0, 0.1) is 6.92 Å². The summed E-state index contributed by atoms with van der Waals surface area (Å²) in [4.78, 5) is 15.2. The van der Waals surface area contributed by atoms with Gasteiger partial charge in [-0.25, -0.2) is 4.68 Å². The number of carbonyl (C=O) groups is 1. The highest BCUT2D eigenvalue weighted by atomic mass is 35.5. The first-order chi connectivity index (χ1) is 15.6. The molecule has 0 unspecified atom stereocenters. The second-order valence-corrected chi connectivity index (χ2v) is 8.21. The third-order valence-electron chi connectivity index (χ3n) is 5.68. The summed E-state index contributed by atoms with van der Waals surface area (Å²) in [5.41, 5.74) is 6.47. The van der Waals surface area contributed by atoms with E-state index >= 15 is 0 Å². The van der Waals surface area contributed by atoms with Crippen LogP contribution in [-0.2, 0) is 13.1 Å². The third kappa shape index (κ3) is 3.85. The number of aromatic nitrogens is 3. The number of rotatable bonds is 4. The Morgan fingerprint density at radius 2 is 1.81 bits per heavy atom. The van der Waals surface area contributed by atoms with Crippen molar-refractivity contribution in [3.63, 3.8) is 0 Å². The molecule has 0 fully saturated rings. The van der Waals surface area contributed by atoms with Crippen molar-refractivity contribution in [2.24, 2.45) is 0 Å². The number of fused-ring (bicyclic) bond motifs is 3. The van der Waals surface area contributed by atoms with Gasteiger partial charge in [0.15, 0.2) is 0 Å². The van der Waals surface area contributed by atoms with Gasteiger partial charge in [-0.2, -0.15) is 0 Å². The van der Waals surface area contributed by atoms with Crippen molar-refractivity contribution in [1.29, 1.82) is 0 Å². The van der Waals surface area contributed by atoms with E-state index in [0.29, 0.717) is 30.2 Å². The summed E-state index contributed by atoms with van der Waals surface area (Å²) in [6.45, 7) is 3.82. The van der Waals surface area contributed by atoms with Crippen LogP contribution in [0.25, 0.3) is 11.3 Å². The number of anilines is 2. The monoisotopic (exact) mass is 443 g/mol. The van der Waals surface area contributed by atoms with Gasteiger partial charge in [0, 0.05) is 34.9 Å².